The van der Waals surface area contributed by atoms with Crippen molar-refractivity contribution >= 4 is 50.9 Å². The van der Waals surface area contributed by atoms with Gasteiger partial charge in [0.2, 0.25) is 5.91 Å². The number of nitrogens with zero attached hydrogens (tertiary/aromatic N) is 2. The van der Waals surface area contributed by atoms with Gasteiger partial charge in [-0.1, -0.05) is 55.1 Å². The molecule has 0 saturated heterocycles. The van der Waals surface area contributed by atoms with Crippen LogP contribution in [0.4, 0.5) is 5.69 Å². The van der Waals surface area contributed by atoms with Gasteiger partial charge in [-0.25, -0.2) is 14.8 Å². The Bertz CT molecular complexity index is 1240. The maximum Gasteiger partial charge on any atom is 0.338 e. The molecule has 2 aromatic carbocycles. The van der Waals surface area contributed by atoms with Crippen molar-refractivity contribution in [3.8, 4) is 11.1 Å². The predicted octanol–water partition coefficient (Wildman–Crippen LogP) is 5.66. The fourth-order valence-electron chi connectivity index (χ4n) is 3.12. The number of hydrogen-bond donors (Lipinski definition) is 1. The van der Waals surface area contributed by atoms with Gasteiger partial charge in [-0.15, -0.1) is 11.3 Å². The van der Waals surface area contributed by atoms with Crippen LogP contribution in [0.3, 0.4) is 0 Å². The SMILES string of the molecule is CCCOC(=O)c1cccc(NC(=O)CSc2ncnc3scc(-c4ccccc4)c23)c1. The number of nitrogens with one attached hydrogen (secondary N) is 1. The maximum absolute atomic E-state index is 12.6. The fourth-order valence-corrected chi connectivity index (χ4v) is 4.91. The minimum absolute atomic E-state index is 0.181. The van der Waals surface area contributed by atoms with Crippen molar-refractivity contribution in [1.82, 2.24) is 9.97 Å². The molecule has 0 spiro atoms. The van der Waals surface area contributed by atoms with Gasteiger partial charge in [0.25, 0.3) is 0 Å². The lowest BCUT2D eigenvalue weighted by Crippen LogP contribution is -2.15. The quantitative estimate of drug-likeness (QED) is 0.206. The number of esters is 1. The summed E-state index contributed by atoms with van der Waals surface area (Å²) < 4.78 is 5.15. The molecule has 0 radical (unpaired) electrons. The summed E-state index contributed by atoms with van der Waals surface area (Å²) in [5.74, 6) is -0.398. The molecule has 8 heteroatoms. The first-order valence-corrected chi connectivity index (χ1v) is 12.0. The van der Waals surface area contributed by atoms with Crippen LogP contribution in [0.1, 0.15) is 23.7 Å². The Hall–Kier alpha value is -3.23. The third kappa shape index (κ3) is 5.15. The summed E-state index contributed by atoms with van der Waals surface area (Å²) in [5.41, 5.74) is 3.11. The minimum atomic E-state index is -0.397. The molecule has 4 aromatic rings. The summed E-state index contributed by atoms with van der Waals surface area (Å²) in [6.07, 6.45) is 2.28. The van der Waals surface area contributed by atoms with E-state index in [0.29, 0.717) is 17.9 Å². The highest BCUT2D eigenvalue weighted by Gasteiger charge is 2.15. The highest BCUT2D eigenvalue weighted by Crippen LogP contribution is 2.37. The molecule has 0 fully saturated rings. The van der Waals surface area contributed by atoms with Gasteiger partial charge >= 0.3 is 5.97 Å². The molecule has 1 amide bonds. The fraction of sp³-hybridized carbons (Fsp3) is 0.167. The Labute approximate surface area is 194 Å². The third-order valence-corrected chi connectivity index (χ3v) is 6.46. The molecule has 162 valence electrons. The molecule has 6 nitrogen and oxygen atoms in total. The first kappa shape index (κ1) is 22.0. The highest BCUT2D eigenvalue weighted by molar-refractivity contribution is 8.00. The lowest BCUT2D eigenvalue weighted by molar-refractivity contribution is -0.113. The highest BCUT2D eigenvalue weighted by atomic mass is 32.2. The van der Waals surface area contributed by atoms with E-state index in [-0.39, 0.29) is 11.7 Å². The normalized spacial score (nSPS) is 10.8. The first-order chi connectivity index (χ1) is 15.7. The monoisotopic (exact) mass is 463 g/mol. The summed E-state index contributed by atoms with van der Waals surface area (Å²) in [6.45, 7) is 2.30. The van der Waals surface area contributed by atoms with Crippen LogP contribution in [0.15, 0.2) is 71.3 Å². The first-order valence-electron chi connectivity index (χ1n) is 10.1. The van der Waals surface area contributed by atoms with Crippen LogP contribution in [-0.2, 0) is 9.53 Å². The molecule has 0 unspecified atom stereocenters. The summed E-state index contributed by atoms with van der Waals surface area (Å²) in [6, 6.07) is 16.8. The zero-order valence-electron chi connectivity index (χ0n) is 17.4. The van der Waals surface area contributed by atoms with Gasteiger partial charge in [-0.3, -0.25) is 4.79 Å². The predicted molar refractivity (Wildman–Crippen MR) is 129 cm³/mol. The van der Waals surface area contributed by atoms with Crippen molar-refractivity contribution in [1.29, 1.82) is 0 Å². The number of carbonyl (C=O) groups is 2. The zero-order valence-corrected chi connectivity index (χ0v) is 19.0. The number of ether oxygens (including phenoxy) is 1. The molecular formula is C24H21N3O3S2. The average Bonchev–Trinajstić information content (AvgIpc) is 3.27. The second-order valence-corrected chi connectivity index (χ2v) is 8.75. The van der Waals surface area contributed by atoms with Crippen molar-refractivity contribution in [2.75, 3.05) is 17.7 Å². The van der Waals surface area contributed by atoms with E-state index in [2.05, 4.69) is 20.7 Å². The van der Waals surface area contributed by atoms with Crippen LogP contribution in [0.2, 0.25) is 0 Å². The molecule has 32 heavy (non-hydrogen) atoms. The Morgan fingerprint density at radius 1 is 1.09 bits per heavy atom. The largest absolute Gasteiger partial charge is 0.462 e. The summed E-state index contributed by atoms with van der Waals surface area (Å²) in [7, 11) is 0. The number of fused-ring (bicyclic) bond motifs is 1. The molecule has 2 heterocycles. The lowest BCUT2D eigenvalue weighted by Gasteiger charge is -2.08. The Balaban J connectivity index is 1.46. The molecular weight excluding hydrogens is 442 g/mol. The van der Waals surface area contributed by atoms with Gasteiger partial charge in [0, 0.05) is 16.6 Å². The van der Waals surface area contributed by atoms with Crippen molar-refractivity contribution in [2.45, 2.75) is 18.4 Å². The summed E-state index contributed by atoms with van der Waals surface area (Å²) in [5, 5.41) is 6.64. The van der Waals surface area contributed by atoms with E-state index in [4.69, 9.17) is 4.74 Å². The van der Waals surface area contributed by atoms with Crippen LogP contribution in [0, 0.1) is 0 Å². The van der Waals surface area contributed by atoms with Crippen LogP contribution < -0.4 is 5.32 Å². The zero-order chi connectivity index (χ0) is 22.3. The van der Waals surface area contributed by atoms with E-state index in [1.54, 1.807) is 35.6 Å². The molecule has 1 N–H and O–H groups in total. The van der Waals surface area contributed by atoms with E-state index in [1.165, 1.54) is 18.1 Å². The van der Waals surface area contributed by atoms with E-state index >= 15 is 0 Å². The number of carbonyl (C=O) groups excluding carboxylic acids is 2. The number of amides is 1. The van der Waals surface area contributed by atoms with E-state index in [9.17, 15) is 9.59 Å². The van der Waals surface area contributed by atoms with Crippen LogP contribution in [0.25, 0.3) is 21.3 Å². The van der Waals surface area contributed by atoms with Crippen LogP contribution in [-0.4, -0.2) is 34.2 Å². The van der Waals surface area contributed by atoms with Gasteiger partial charge < -0.3 is 10.1 Å². The molecule has 0 saturated carbocycles. The number of benzene rings is 2. The number of rotatable bonds is 8. The molecule has 0 aliphatic heterocycles. The topological polar surface area (TPSA) is 81.2 Å². The van der Waals surface area contributed by atoms with Gasteiger partial charge in [0.05, 0.1) is 23.3 Å². The maximum atomic E-state index is 12.6. The van der Waals surface area contributed by atoms with Crippen molar-refractivity contribution in [3.05, 3.63) is 71.9 Å². The van der Waals surface area contributed by atoms with Gasteiger partial charge in [-0.2, -0.15) is 0 Å². The molecule has 0 aliphatic carbocycles. The summed E-state index contributed by atoms with van der Waals surface area (Å²) in [4.78, 5) is 34.3. The van der Waals surface area contributed by atoms with Gasteiger partial charge in [-0.05, 0) is 30.2 Å². The summed E-state index contributed by atoms with van der Waals surface area (Å²) >= 11 is 2.93. The number of thioether (sulfide) groups is 1. The van der Waals surface area contributed by atoms with E-state index in [0.717, 1.165) is 32.8 Å². The smallest absolute Gasteiger partial charge is 0.338 e. The van der Waals surface area contributed by atoms with Gasteiger partial charge in [0.1, 0.15) is 16.2 Å². The molecule has 4 rings (SSSR count). The van der Waals surface area contributed by atoms with Crippen molar-refractivity contribution < 1.29 is 14.3 Å². The molecule has 0 bridgehead atoms. The number of aromatic nitrogens is 2. The van der Waals surface area contributed by atoms with E-state index in [1.807, 2.05) is 37.3 Å². The lowest BCUT2D eigenvalue weighted by atomic mass is 10.1. The molecule has 2 aromatic heterocycles. The second kappa shape index (κ2) is 10.4. The number of hydrogen-bond acceptors (Lipinski definition) is 7. The third-order valence-electron chi connectivity index (χ3n) is 4.58. The Morgan fingerprint density at radius 2 is 1.94 bits per heavy atom. The van der Waals surface area contributed by atoms with Crippen LogP contribution >= 0.6 is 23.1 Å². The average molecular weight is 464 g/mol. The minimum Gasteiger partial charge on any atom is -0.462 e. The van der Waals surface area contributed by atoms with Crippen molar-refractivity contribution in [2.24, 2.45) is 0 Å². The number of anilines is 1. The molecule has 0 aliphatic rings. The van der Waals surface area contributed by atoms with Crippen LogP contribution in [0.5, 0.6) is 0 Å². The Kier molecular flexibility index (Phi) is 7.14. The van der Waals surface area contributed by atoms with Crippen molar-refractivity contribution in [3.63, 3.8) is 0 Å². The van der Waals surface area contributed by atoms with Gasteiger partial charge in [0.15, 0.2) is 0 Å². The Morgan fingerprint density at radius 3 is 2.75 bits per heavy atom. The number of thiophene rings is 1. The second-order valence-electron chi connectivity index (χ2n) is 6.93. The standard InChI is InChI=1S/C24H21N3O3S2/c1-2-11-30-24(29)17-9-6-10-18(12-17)27-20(28)14-32-23-21-19(16-7-4-3-5-8-16)13-31-22(21)25-15-26-23/h3-10,12-13,15H,2,11,14H2,1H3,(H,27,28). The molecule has 0 atom stereocenters. The van der Waals surface area contributed by atoms with E-state index < -0.39 is 5.97 Å².